The van der Waals surface area contributed by atoms with E-state index in [1.807, 2.05) is 0 Å². The summed E-state index contributed by atoms with van der Waals surface area (Å²) in [6, 6.07) is 0. The predicted molar refractivity (Wildman–Crippen MR) is 212 cm³/mol. The van der Waals surface area contributed by atoms with E-state index in [9.17, 15) is 9.59 Å². The lowest BCUT2D eigenvalue weighted by atomic mass is 9.90. The second-order valence-electron chi connectivity index (χ2n) is 15.9. The van der Waals surface area contributed by atoms with Gasteiger partial charge in [0.25, 0.3) is 0 Å². The second kappa shape index (κ2) is 37.4. The molecule has 0 aromatic heterocycles. The number of hydrogen-bond donors (Lipinski definition) is 0. The van der Waals surface area contributed by atoms with Crippen LogP contribution in [-0.4, -0.2) is 18.4 Å². The number of carbonyl (C=O) groups excluding carboxylic acids is 2. The highest BCUT2D eigenvalue weighted by Crippen LogP contribution is 2.24. The number of Topliss-reactive ketones (excluding diaryl/α,β-unsaturated/α-hetero) is 1. The van der Waals surface area contributed by atoms with Gasteiger partial charge in [0.1, 0.15) is 5.78 Å². The maximum absolute atomic E-state index is 12.5. The van der Waals surface area contributed by atoms with Gasteiger partial charge in [-0.1, -0.05) is 202 Å². The minimum atomic E-state index is 0.0267. The molecule has 0 fully saturated rings. The Morgan fingerprint density at radius 3 is 1.33 bits per heavy atom. The van der Waals surface area contributed by atoms with Crippen LogP contribution >= 0.6 is 0 Å². The highest BCUT2D eigenvalue weighted by Gasteiger charge is 2.13. The second-order valence-corrected chi connectivity index (χ2v) is 15.9. The van der Waals surface area contributed by atoms with Gasteiger partial charge in [-0.3, -0.25) is 9.59 Å². The van der Waals surface area contributed by atoms with Crippen molar-refractivity contribution in [1.82, 2.24) is 0 Å². The van der Waals surface area contributed by atoms with Gasteiger partial charge >= 0.3 is 5.97 Å². The van der Waals surface area contributed by atoms with E-state index in [-0.39, 0.29) is 5.97 Å². The number of esters is 1. The van der Waals surface area contributed by atoms with Crippen molar-refractivity contribution in [2.45, 2.75) is 253 Å². The zero-order valence-corrected chi connectivity index (χ0v) is 33.7. The quantitative estimate of drug-likeness (QED) is 0.0481. The van der Waals surface area contributed by atoms with Crippen molar-refractivity contribution in [2.75, 3.05) is 6.61 Å². The Labute approximate surface area is 302 Å². The molecule has 0 aromatic carbocycles. The Bertz CT molecular complexity index is 617. The molecule has 0 saturated heterocycles. The van der Waals surface area contributed by atoms with Crippen molar-refractivity contribution < 1.29 is 14.3 Å². The molecule has 0 aliphatic rings. The van der Waals surface area contributed by atoms with E-state index in [1.165, 1.54) is 173 Å². The highest BCUT2D eigenvalue weighted by molar-refractivity contribution is 5.78. The summed E-state index contributed by atoms with van der Waals surface area (Å²) in [6.45, 7) is 12.2. The van der Waals surface area contributed by atoms with Crippen LogP contribution in [0, 0.1) is 17.8 Å². The molecule has 0 rings (SSSR count). The minimum absolute atomic E-state index is 0.0267. The molecule has 0 aromatic rings. The average molecular weight is 677 g/mol. The Morgan fingerprint density at radius 2 is 0.792 bits per heavy atom. The maximum atomic E-state index is 12.5. The van der Waals surface area contributed by atoms with Crippen LogP contribution in [0.15, 0.2) is 0 Å². The van der Waals surface area contributed by atoms with Crippen LogP contribution in [0.25, 0.3) is 0 Å². The summed E-state index contributed by atoms with van der Waals surface area (Å²) in [4.78, 5) is 24.8. The standard InChI is InChI=1S/C45H88O3/c1-6-10-14-26-34-42(32-12-8-3)38-39-44(46)36-28-22-18-16-20-24-30-41(5)31-25-21-17-19-23-29-37-45(47)48-40-43(33-13-9-4)35-27-15-11-7-2/h41-43H,6-40H2,1-5H3. The zero-order valence-electron chi connectivity index (χ0n) is 33.7. The largest absolute Gasteiger partial charge is 0.465 e. The third-order valence-corrected chi connectivity index (χ3v) is 10.9. The molecular weight excluding hydrogens is 588 g/mol. The fourth-order valence-corrected chi connectivity index (χ4v) is 7.36. The molecule has 3 atom stereocenters. The van der Waals surface area contributed by atoms with Crippen LogP contribution in [-0.2, 0) is 14.3 Å². The molecule has 3 unspecified atom stereocenters. The van der Waals surface area contributed by atoms with Gasteiger partial charge in [-0.05, 0) is 49.9 Å². The number of ketones is 1. The molecule has 0 spiro atoms. The fraction of sp³-hybridized carbons (Fsp3) is 0.956. The van der Waals surface area contributed by atoms with E-state index in [2.05, 4.69) is 34.6 Å². The molecule has 0 saturated carbocycles. The molecule has 0 heterocycles. The molecule has 0 bridgehead atoms. The van der Waals surface area contributed by atoms with E-state index in [0.29, 0.717) is 24.7 Å². The summed E-state index contributed by atoms with van der Waals surface area (Å²) in [5.41, 5.74) is 0. The van der Waals surface area contributed by atoms with Gasteiger partial charge in [-0.15, -0.1) is 0 Å². The van der Waals surface area contributed by atoms with Gasteiger partial charge < -0.3 is 4.74 Å². The van der Waals surface area contributed by atoms with Crippen LogP contribution in [0.4, 0.5) is 0 Å². The first-order valence-corrected chi connectivity index (χ1v) is 22.1. The topological polar surface area (TPSA) is 43.4 Å². The predicted octanol–water partition coefficient (Wildman–Crippen LogP) is 15.3. The van der Waals surface area contributed by atoms with E-state index in [0.717, 1.165) is 50.4 Å². The molecular formula is C45H88O3. The molecule has 0 amide bonds. The lowest BCUT2D eigenvalue weighted by Gasteiger charge is -2.16. The number of carbonyl (C=O) groups is 2. The van der Waals surface area contributed by atoms with Crippen LogP contribution in [0.2, 0.25) is 0 Å². The number of ether oxygens (including phenoxy) is 1. The zero-order chi connectivity index (χ0) is 35.3. The maximum Gasteiger partial charge on any atom is 0.305 e. The smallest absolute Gasteiger partial charge is 0.305 e. The number of hydrogen-bond acceptors (Lipinski definition) is 3. The lowest BCUT2D eigenvalue weighted by Crippen LogP contribution is -2.14. The number of rotatable bonds is 39. The fourth-order valence-electron chi connectivity index (χ4n) is 7.36. The van der Waals surface area contributed by atoms with Gasteiger partial charge in [0, 0.05) is 19.3 Å². The van der Waals surface area contributed by atoms with Crippen LogP contribution in [0.5, 0.6) is 0 Å². The van der Waals surface area contributed by atoms with E-state index >= 15 is 0 Å². The van der Waals surface area contributed by atoms with E-state index in [4.69, 9.17) is 4.74 Å². The monoisotopic (exact) mass is 677 g/mol. The molecule has 0 aliphatic carbocycles. The molecule has 48 heavy (non-hydrogen) atoms. The Kier molecular flexibility index (Phi) is 36.7. The third kappa shape index (κ3) is 33.6. The molecule has 0 aliphatic heterocycles. The molecule has 3 nitrogen and oxygen atoms in total. The van der Waals surface area contributed by atoms with Crippen LogP contribution < -0.4 is 0 Å². The van der Waals surface area contributed by atoms with Crippen molar-refractivity contribution in [3.8, 4) is 0 Å². The van der Waals surface area contributed by atoms with E-state index in [1.54, 1.807) is 0 Å². The summed E-state index contributed by atoms with van der Waals surface area (Å²) >= 11 is 0. The Balaban J connectivity index is 3.66. The van der Waals surface area contributed by atoms with Gasteiger partial charge in [0.15, 0.2) is 0 Å². The van der Waals surface area contributed by atoms with Gasteiger partial charge in [-0.2, -0.15) is 0 Å². The molecule has 3 heteroatoms. The Hall–Kier alpha value is -0.860. The molecule has 286 valence electrons. The third-order valence-electron chi connectivity index (χ3n) is 10.9. The summed E-state index contributed by atoms with van der Waals surface area (Å²) in [5, 5.41) is 0. The van der Waals surface area contributed by atoms with Gasteiger partial charge in [0.2, 0.25) is 0 Å². The first-order valence-electron chi connectivity index (χ1n) is 22.1. The van der Waals surface area contributed by atoms with Crippen LogP contribution in [0.3, 0.4) is 0 Å². The summed E-state index contributed by atoms with van der Waals surface area (Å²) in [7, 11) is 0. The lowest BCUT2D eigenvalue weighted by molar-refractivity contribution is -0.145. The Morgan fingerprint density at radius 1 is 0.396 bits per heavy atom. The molecule has 0 N–H and O–H groups in total. The summed E-state index contributed by atoms with van der Waals surface area (Å²) in [6.07, 6.45) is 42.0. The van der Waals surface area contributed by atoms with Crippen molar-refractivity contribution >= 4 is 11.8 Å². The summed E-state index contributed by atoms with van der Waals surface area (Å²) < 4.78 is 5.69. The first kappa shape index (κ1) is 47.1. The number of unbranched alkanes of at least 4 members (excludes halogenated alkanes) is 18. The molecule has 0 radical (unpaired) electrons. The normalized spacial score (nSPS) is 13.4. The minimum Gasteiger partial charge on any atom is -0.465 e. The summed E-state index contributed by atoms with van der Waals surface area (Å²) in [5.74, 6) is 2.74. The van der Waals surface area contributed by atoms with Crippen molar-refractivity contribution in [2.24, 2.45) is 17.8 Å². The van der Waals surface area contributed by atoms with E-state index < -0.39 is 0 Å². The average Bonchev–Trinajstić information content (AvgIpc) is 3.08. The van der Waals surface area contributed by atoms with Crippen molar-refractivity contribution in [3.63, 3.8) is 0 Å². The van der Waals surface area contributed by atoms with Gasteiger partial charge in [-0.25, -0.2) is 0 Å². The van der Waals surface area contributed by atoms with Crippen molar-refractivity contribution in [3.05, 3.63) is 0 Å². The first-order chi connectivity index (χ1) is 23.5. The van der Waals surface area contributed by atoms with Crippen LogP contribution in [0.1, 0.15) is 253 Å². The SMILES string of the molecule is CCCCCCC(CCCC)CCC(=O)CCCCCCCCC(C)CCCCCCCCC(=O)OCC(CCCC)CCCCCC. The van der Waals surface area contributed by atoms with Gasteiger partial charge in [0.05, 0.1) is 6.61 Å². The van der Waals surface area contributed by atoms with Crippen molar-refractivity contribution in [1.29, 1.82) is 0 Å². The highest BCUT2D eigenvalue weighted by atomic mass is 16.5.